The molecule has 0 heterocycles. The Morgan fingerprint density at radius 1 is 0.412 bits per heavy atom. The fourth-order valence-corrected chi connectivity index (χ4v) is 5.94. The van der Waals surface area contributed by atoms with Crippen LogP contribution in [0.5, 0.6) is 11.5 Å². The molecule has 6 aromatic carbocycles. The molecule has 6 rings (SSSR count). The van der Waals surface area contributed by atoms with Gasteiger partial charge in [-0.15, -0.1) is 0 Å². The molecule has 0 aliphatic heterocycles. The number of aryl methyl sites for hydroxylation is 6. The van der Waals surface area contributed by atoms with Crippen LogP contribution in [0.1, 0.15) is 33.4 Å². The largest absolute Gasteiger partial charge is 0.493 e. The quantitative estimate of drug-likeness (QED) is 0.195. The van der Waals surface area contributed by atoms with E-state index in [9.17, 15) is 0 Å². The average molecular weight is 447 g/mol. The van der Waals surface area contributed by atoms with E-state index in [2.05, 4.69) is 77.9 Å². The van der Waals surface area contributed by atoms with Gasteiger partial charge in [0.15, 0.2) is 11.5 Å². The molecule has 34 heavy (non-hydrogen) atoms. The zero-order valence-electron chi connectivity index (χ0n) is 21.3. The highest BCUT2D eigenvalue weighted by molar-refractivity contribution is 6.41. The van der Waals surface area contributed by atoms with E-state index >= 15 is 0 Å². The van der Waals surface area contributed by atoms with Crippen LogP contribution in [-0.4, -0.2) is 14.2 Å². The van der Waals surface area contributed by atoms with E-state index in [1.54, 1.807) is 14.2 Å². The molecule has 2 heteroatoms. The summed E-state index contributed by atoms with van der Waals surface area (Å²) in [5.41, 5.74) is 7.89. The van der Waals surface area contributed by atoms with Crippen molar-refractivity contribution in [3.05, 3.63) is 69.8 Å². The zero-order valence-corrected chi connectivity index (χ0v) is 21.3. The first-order chi connectivity index (χ1) is 16.3. The van der Waals surface area contributed by atoms with Crippen molar-refractivity contribution < 1.29 is 9.47 Å². The molecule has 0 N–H and O–H groups in total. The van der Waals surface area contributed by atoms with Gasteiger partial charge in [-0.05, 0) is 124 Å². The van der Waals surface area contributed by atoms with E-state index in [1.807, 2.05) is 0 Å². The molecule has 170 valence electrons. The van der Waals surface area contributed by atoms with Gasteiger partial charge in [0.25, 0.3) is 0 Å². The summed E-state index contributed by atoms with van der Waals surface area (Å²) in [6.07, 6.45) is 0. The molecule has 0 saturated heterocycles. The van der Waals surface area contributed by atoms with Gasteiger partial charge in [-0.1, -0.05) is 30.3 Å². The maximum Gasteiger partial charge on any atom is 0.169 e. The third kappa shape index (κ3) is 2.51. The lowest BCUT2D eigenvalue weighted by Crippen LogP contribution is -1.99. The molecule has 0 aromatic heterocycles. The van der Waals surface area contributed by atoms with Crippen molar-refractivity contribution in [1.29, 1.82) is 0 Å². The Hall–Kier alpha value is -3.52. The van der Waals surface area contributed by atoms with Gasteiger partial charge in [-0.25, -0.2) is 0 Å². The lowest BCUT2D eigenvalue weighted by molar-refractivity contribution is 0.359. The number of methoxy groups -OCH3 is 2. The van der Waals surface area contributed by atoms with Crippen molar-refractivity contribution in [2.75, 3.05) is 14.2 Å². The second kappa shape index (κ2) is 6.99. The van der Waals surface area contributed by atoms with Crippen LogP contribution >= 0.6 is 0 Å². The van der Waals surface area contributed by atoms with Gasteiger partial charge in [0, 0.05) is 10.8 Å². The molecule has 6 aromatic rings. The summed E-state index contributed by atoms with van der Waals surface area (Å²) < 4.78 is 12.0. The van der Waals surface area contributed by atoms with Gasteiger partial charge < -0.3 is 9.47 Å². The first-order valence-corrected chi connectivity index (χ1v) is 11.9. The molecule has 0 aliphatic rings. The minimum Gasteiger partial charge on any atom is -0.493 e. The Bertz CT molecular complexity index is 1810. The molecule has 0 amide bonds. The molecule has 0 spiro atoms. The molecule has 0 radical (unpaired) electrons. The van der Waals surface area contributed by atoms with Crippen LogP contribution in [0.25, 0.3) is 53.9 Å². The SMILES string of the molecule is COc1cc2c3cc(C)c(C)cc3c3c(C)c(C)cc4c5cc(C)c(C)cc5c(c1OC)c2c43. The normalized spacial score (nSPS) is 12.1. The van der Waals surface area contributed by atoms with Gasteiger partial charge in [0.05, 0.1) is 14.2 Å². The summed E-state index contributed by atoms with van der Waals surface area (Å²) in [5.74, 6) is 1.59. The maximum atomic E-state index is 6.06. The second-order valence-corrected chi connectivity index (χ2v) is 9.99. The van der Waals surface area contributed by atoms with Gasteiger partial charge in [-0.2, -0.15) is 0 Å². The van der Waals surface area contributed by atoms with Crippen LogP contribution < -0.4 is 9.47 Å². The average Bonchev–Trinajstić information content (AvgIpc) is 2.81. The van der Waals surface area contributed by atoms with Crippen molar-refractivity contribution in [3.8, 4) is 11.5 Å². The minimum absolute atomic E-state index is 0.778. The number of hydrogen-bond donors (Lipinski definition) is 0. The van der Waals surface area contributed by atoms with Gasteiger partial charge >= 0.3 is 0 Å². The van der Waals surface area contributed by atoms with Crippen molar-refractivity contribution in [3.63, 3.8) is 0 Å². The Morgan fingerprint density at radius 3 is 1.35 bits per heavy atom. The van der Waals surface area contributed by atoms with Crippen LogP contribution in [0, 0.1) is 41.5 Å². The van der Waals surface area contributed by atoms with Crippen LogP contribution in [0.2, 0.25) is 0 Å². The highest BCUT2D eigenvalue weighted by atomic mass is 16.5. The Morgan fingerprint density at radius 2 is 0.824 bits per heavy atom. The molecule has 0 aliphatic carbocycles. The van der Waals surface area contributed by atoms with E-state index in [0.717, 1.165) is 16.9 Å². The standard InChI is InChI=1S/C32H30O2/c1-15-9-21-23(11-17(15)3)28-20(6)19(5)13-24-22-10-16(2)18(4)12-25(22)31-30(29(24)28)26(21)14-27(33-7)32(31)34-8/h9-14H,1-8H3. The summed E-state index contributed by atoms with van der Waals surface area (Å²) >= 11 is 0. The predicted octanol–water partition coefficient (Wildman–Crippen LogP) is 8.76. The van der Waals surface area contributed by atoms with Crippen molar-refractivity contribution in [2.24, 2.45) is 0 Å². The number of benzene rings is 6. The molecule has 0 saturated carbocycles. The molecule has 0 fully saturated rings. The topological polar surface area (TPSA) is 18.5 Å². The van der Waals surface area contributed by atoms with E-state index in [4.69, 9.17) is 9.47 Å². The van der Waals surface area contributed by atoms with Crippen molar-refractivity contribution in [1.82, 2.24) is 0 Å². The number of ether oxygens (including phenoxy) is 2. The van der Waals surface area contributed by atoms with E-state index in [-0.39, 0.29) is 0 Å². The Kier molecular flexibility index (Phi) is 4.33. The maximum absolute atomic E-state index is 6.06. The molecule has 2 nitrogen and oxygen atoms in total. The fourth-order valence-electron chi connectivity index (χ4n) is 5.94. The smallest absolute Gasteiger partial charge is 0.169 e. The number of rotatable bonds is 2. The van der Waals surface area contributed by atoms with Gasteiger partial charge in [-0.3, -0.25) is 0 Å². The summed E-state index contributed by atoms with van der Waals surface area (Å²) in [5, 5.41) is 12.8. The first-order valence-electron chi connectivity index (χ1n) is 11.9. The molecule has 0 bridgehead atoms. The van der Waals surface area contributed by atoms with Crippen molar-refractivity contribution in [2.45, 2.75) is 41.5 Å². The first kappa shape index (κ1) is 21.0. The highest BCUT2D eigenvalue weighted by Crippen LogP contribution is 2.52. The Labute approximate surface area is 200 Å². The molecule has 0 atom stereocenters. The van der Waals surface area contributed by atoms with E-state index in [0.29, 0.717) is 0 Å². The van der Waals surface area contributed by atoms with Gasteiger partial charge in [0.1, 0.15) is 0 Å². The van der Waals surface area contributed by atoms with E-state index < -0.39 is 0 Å². The summed E-state index contributed by atoms with van der Waals surface area (Å²) in [7, 11) is 3.49. The minimum atomic E-state index is 0.778. The lowest BCUT2D eigenvalue weighted by atomic mass is 9.81. The lowest BCUT2D eigenvalue weighted by Gasteiger charge is -2.23. The fraction of sp³-hybridized carbons (Fsp3) is 0.250. The number of hydrogen-bond acceptors (Lipinski definition) is 2. The van der Waals surface area contributed by atoms with Crippen LogP contribution in [0.3, 0.4) is 0 Å². The molecule has 0 unspecified atom stereocenters. The monoisotopic (exact) mass is 446 g/mol. The van der Waals surface area contributed by atoms with Crippen LogP contribution in [-0.2, 0) is 0 Å². The Balaban J connectivity index is 2.13. The summed E-state index contributed by atoms with van der Waals surface area (Å²) in [4.78, 5) is 0. The highest BCUT2D eigenvalue weighted by Gasteiger charge is 2.24. The second-order valence-electron chi connectivity index (χ2n) is 9.99. The predicted molar refractivity (Wildman–Crippen MR) is 147 cm³/mol. The summed E-state index contributed by atoms with van der Waals surface area (Å²) in [6.45, 7) is 13.3. The molecular weight excluding hydrogens is 416 g/mol. The van der Waals surface area contributed by atoms with Crippen LogP contribution in [0.15, 0.2) is 36.4 Å². The molecular formula is C32H30O2. The van der Waals surface area contributed by atoms with Crippen molar-refractivity contribution >= 4 is 53.9 Å². The van der Waals surface area contributed by atoms with E-state index in [1.165, 1.54) is 81.9 Å². The zero-order chi connectivity index (χ0) is 24.0. The van der Waals surface area contributed by atoms with Gasteiger partial charge in [0.2, 0.25) is 0 Å². The third-order valence-electron chi connectivity index (χ3n) is 8.15. The number of fused-ring (bicyclic) bond motifs is 6. The van der Waals surface area contributed by atoms with Crippen LogP contribution in [0.4, 0.5) is 0 Å². The third-order valence-corrected chi connectivity index (χ3v) is 8.15. The summed E-state index contributed by atoms with van der Waals surface area (Å²) in [6, 6.07) is 14.0.